The van der Waals surface area contributed by atoms with Crippen LogP contribution >= 0.6 is 11.6 Å². The molecule has 4 rings (SSSR count). The van der Waals surface area contributed by atoms with E-state index in [9.17, 15) is 14.7 Å². The third kappa shape index (κ3) is 4.13. The van der Waals surface area contributed by atoms with E-state index in [2.05, 4.69) is 0 Å². The van der Waals surface area contributed by atoms with E-state index < -0.39 is 17.7 Å². The van der Waals surface area contributed by atoms with Gasteiger partial charge in [0, 0.05) is 11.3 Å². The minimum absolute atomic E-state index is 0.0147. The Morgan fingerprint density at radius 1 is 0.971 bits per heavy atom. The number of hydrogen-bond donors (Lipinski definition) is 1. The number of amides is 1. The Kier molecular flexibility index (Phi) is 6.61. The van der Waals surface area contributed by atoms with Crippen molar-refractivity contribution in [2.24, 2.45) is 0 Å². The number of benzene rings is 3. The molecule has 34 heavy (non-hydrogen) atoms. The number of carbonyl (C=O) groups excluding carboxylic acids is 2. The Balaban J connectivity index is 1.92. The highest BCUT2D eigenvalue weighted by molar-refractivity contribution is 6.51. The van der Waals surface area contributed by atoms with E-state index >= 15 is 0 Å². The quantitative estimate of drug-likeness (QED) is 0.286. The summed E-state index contributed by atoms with van der Waals surface area (Å²) in [4.78, 5) is 27.9. The molecule has 1 heterocycles. The second-order valence-corrected chi connectivity index (χ2v) is 8.22. The molecule has 0 bridgehead atoms. The molecular weight excluding hydrogens is 454 g/mol. The molecule has 1 saturated heterocycles. The Hall–Kier alpha value is -3.77. The van der Waals surface area contributed by atoms with E-state index in [1.807, 2.05) is 31.2 Å². The van der Waals surface area contributed by atoms with Gasteiger partial charge >= 0.3 is 0 Å². The van der Waals surface area contributed by atoms with Gasteiger partial charge in [-0.1, -0.05) is 42.8 Å². The molecule has 0 aromatic heterocycles. The predicted molar refractivity (Wildman–Crippen MR) is 132 cm³/mol. The summed E-state index contributed by atoms with van der Waals surface area (Å²) in [5, 5.41) is 11.6. The Bertz CT molecular complexity index is 1270. The highest BCUT2D eigenvalue weighted by Gasteiger charge is 2.47. The van der Waals surface area contributed by atoms with Crippen LogP contribution in [-0.2, 0) is 16.0 Å². The highest BCUT2D eigenvalue weighted by Crippen LogP contribution is 2.43. The zero-order chi connectivity index (χ0) is 24.4. The first-order valence-corrected chi connectivity index (χ1v) is 11.1. The number of ketones is 1. The van der Waals surface area contributed by atoms with Gasteiger partial charge in [-0.15, -0.1) is 0 Å². The number of methoxy groups -OCH3 is 2. The van der Waals surface area contributed by atoms with Crippen LogP contribution in [0.5, 0.6) is 11.5 Å². The lowest BCUT2D eigenvalue weighted by Crippen LogP contribution is -2.29. The normalized spacial score (nSPS) is 17.2. The number of ether oxygens (including phenoxy) is 2. The summed E-state index contributed by atoms with van der Waals surface area (Å²) in [5.41, 5.74) is 2.63. The number of halogens is 1. The lowest BCUT2D eigenvalue weighted by atomic mass is 9.95. The molecule has 1 atom stereocenters. The van der Waals surface area contributed by atoms with Crippen molar-refractivity contribution < 1.29 is 24.2 Å². The third-order valence-corrected chi connectivity index (χ3v) is 6.24. The largest absolute Gasteiger partial charge is 0.507 e. The zero-order valence-corrected chi connectivity index (χ0v) is 19.8. The Morgan fingerprint density at radius 2 is 1.65 bits per heavy atom. The number of anilines is 1. The Morgan fingerprint density at radius 3 is 2.24 bits per heavy atom. The number of hydrogen-bond acceptors (Lipinski definition) is 5. The molecule has 3 aromatic carbocycles. The van der Waals surface area contributed by atoms with E-state index in [0.717, 1.165) is 12.0 Å². The number of rotatable bonds is 6. The summed E-state index contributed by atoms with van der Waals surface area (Å²) in [6.07, 6.45) is 0.847. The molecule has 0 radical (unpaired) electrons. The molecule has 1 aliphatic rings. The molecule has 1 aliphatic heterocycles. The summed E-state index contributed by atoms with van der Waals surface area (Å²) in [6.45, 7) is 2.04. The molecular formula is C27H24ClNO5. The third-order valence-electron chi connectivity index (χ3n) is 5.92. The van der Waals surface area contributed by atoms with E-state index in [0.29, 0.717) is 33.3 Å². The zero-order valence-electron chi connectivity index (χ0n) is 19.0. The second kappa shape index (κ2) is 9.61. The van der Waals surface area contributed by atoms with Crippen LogP contribution in [0.3, 0.4) is 0 Å². The van der Waals surface area contributed by atoms with Gasteiger partial charge < -0.3 is 14.6 Å². The van der Waals surface area contributed by atoms with Crippen molar-refractivity contribution in [3.05, 3.63) is 94.0 Å². The van der Waals surface area contributed by atoms with Crippen molar-refractivity contribution in [3.8, 4) is 11.5 Å². The second-order valence-electron chi connectivity index (χ2n) is 7.81. The van der Waals surface area contributed by atoms with Crippen molar-refractivity contribution in [2.45, 2.75) is 19.4 Å². The molecule has 1 fully saturated rings. The molecule has 0 saturated carbocycles. The maximum absolute atomic E-state index is 13.3. The van der Waals surface area contributed by atoms with Crippen molar-refractivity contribution in [2.75, 3.05) is 19.1 Å². The van der Waals surface area contributed by atoms with Gasteiger partial charge in [-0.25, -0.2) is 0 Å². The van der Waals surface area contributed by atoms with Crippen LogP contribution in [0.2, 0.25) is 5.02 Å². The molecule has 3 aromatic rings. The van der Waals surface area contributed by atoms with Gasteiger partial charge in [0.2, 0.25) is 0 Å². The number of nitrogens with zero attached hydrogens (tertiary/aromatic N) is 1. The monoisotopic (exact) mass is 477 g/mol. The number of carbonyl (C=O) groups is 2. The van der Waals surface area contributed by atoms with Gasteiger partial charge in [0.05, 0.1) is 30.9 Å². The van der Waals surface area contributed by atoms with E-state index in [4.69, 9.17) is 21.1 Å². The number of Topliss-reactive ketones (excluding diaryl/α,β-unsaturated/α-hetero) is 1. The summed E-state index contributed by atoms with van der Waals surface area (Å²) in [7, 11) is 3.02. The first-order valence-electron chi connectivity index (χ1n) is 10.8. The maximum atomic E-state index is 13.3. The minimum Gasteiger partial charge on any atom is -0.507 e. The van der Waals surface area contributed by atoms with E-state index in [1.54, 1.807) is 43.5 Å². The lowest BCUT2D eigenvalue weighted by Gasteiger charge is -2.25. The van der Waals surface area contributed by atoms with Crippen molar-refractivity contribution >= 4 is 34.7 Å². The summed E-state index contributed by atoms with van der Waals surface area (Å²) in [5.74, 6) is -0.812. The topological polar surface area (TPSA) is 76.1 Å². The van der Waals surface area contributed by atoms with Gasteiger partial charge in [0.25, 0.3) is 11.7 Å². The average molecular weight is 478 g/mol. The summed E-state index contributed by atoms with van der Waals surface area (Å²) < 4.78 is 10.5. The standard InChI is InChI=1S/C27H24ClNO5/c1-4-16-5-10-19(11-6-16)29-24(17-7-12-20(33-2)13-8-17)23(26(31)27(29)32)25(30)18-9-14-21(28)22(15-18)34-3/h5-15,24,30H,4H2,1-3H3/b25-23-. The van der Waals surface area contributed by atoms with Gasteiger partial charge in [0.1, 0.15) is 17.3 Å². The SMILES string of the molecule is CCc1ccc(N2C(=O)C(=O)/C(=C(\O)c3ccc(Cl)c(OC)c3)C2c2ccc(OC)cc2)cc1. The van der Waals surface area contributed by atoms with Crippen molar-refractivity contribution in [1.29, 1.82) is 0 Å². The fourth-order valence-corrected chi connectivity index (χ4v) is 4.25. The van der Waals surface area contributed by atoms with E-state index in [1.165, 1.54) is 18.1 Å². The molecule has 1 amide bonds. The first kappa shape index (κ1) is 23.4. The predicted octanol–water partition coefficient (Wildman–Crippen LogP) is 5.55. The molecule has 1 N–H and O–H groups in total. The fourth-order valence-electron chi connectivity index (χ4n) is 4.06. The maximum Gasteiger partial charge on any atom is 0.300 e. The van der Waals surface area contributed by atoms with Crippen LogP contribution in [0.15, 0.2) is 72.3 Å². The van der Waals surface area contributed by atoms with Crippen LogP contribution in [0.1, 0.15) is 29.7 Å². The molecule has 174 valence electrons. The van der Waals surface area contributed by atoms with Crippen molar-refractivity contribution in [3.63, 3.8) is 0 Å². The molecule has 6 nitrogen and oxygen atoms in total. The summed E-state index contributed by atoms with van der Waals surface area (Å²) >= 11 is 6.13. The lowest BCUT2D eigenvalue weighted by molar-refractivity contribution is -0.132. The van der Waals surface area contributed by atoms with Crippen LogP contribution < -0.4 is 14.4 Å². The summed E-state index contributed by atoms with van der Waals surface area (Å²) in [6, 6.07) is 18.4. The fraction of sp³-hybridized carbons (Fsp3) is 0.185. The van der Waals surface area contributed by atoms with E-state index in [-0.39, 0.29) is 11.3 Å². The minimum atomic E-state index is -0.833. The molecule has 0 spiro atoms. The molecule has 0 aliphatic carbocycles. The van der Waals surface area contributed by atoms with Gasteiger partial charge in [-0.2, -0.15) is 0 Å². The van der Waals surface area contributed by atoms with Crippen LogP contribution in [-0.4, -0.2) is 31.0 Å². The number of aliphatic hydroxyl groups is 1. The molecule has 1 unspecified atom stereocenters. The van der Waals surface area contributed by atoms with Gasteiger partial charge in [-0.3, -0.25) is 14.5 Å². The van der Waals surface area contributed by atoms with Gasteiger partial charge in [0.15, 0.2) is 0 Å². The Labute approximate surface area is 203 Å². The average Bonchev–Trinajstić information content (AvgIpc) is 3.14. The van der Waals surface area contributed by atoms with Crippen molar-refractivity contribution in [1.82, 2.24) is 0 Å². The van der Waals surface area contributed by atoms with Gasteiger partial charge in [-0.05, 0) is 60.0 Å². The van der Waals surface area contributed by atoms with Crippen LogP contribution in [0.4, 0.5) is 5.69 Å². The number of aliphatic hydroxyl groups excluding tert-OH is 1. The van der Waals surface area contributed by atoms with Crippen LogP contribution in [0.25, 0.3) is 5.76 Å². The highest BCUT2D eigenvalue weighted by atomic mass is 35.5. The number of aryl methyl sites for hydroxylation is 1. The molecule has 7 heteroatoms. The smallest absolute Gasteiger partial charge is 0.300 e. The van der Waals surface area contributed by atoms with Crippen LogP contribution in [0, 0.1) is 0 Å². The first-order chi connectivity index (χ1) is 16.4.